The molecule has 30 heavy (non-hydrogen) atoms. The van der Waals surface area contributed by atoms with Crippen LogP contribution in [0.25, 0.3) is 0 Å². The summed E-state index contributed by atoms with van der Waals surface area (Å²) in [6.07, 6.45) is -0.695. The maximum absolute atomic E-state index is 13.6. The number of hydrogen-bond donors (Lipinski definition) is 1. The average Bonchev–Trinajstić information content (AvgIpc) is 2.75. The van der Waals surface area contributed by atoms with Crippen molar-refractivity contribution in [2.45, 2.75) is 6.54 Å². The predicted molar refractivity (Wildman–Crippen MR) is 112 cm³/mol. The number of methoxy groups -OCH3 is 1. The summed E-state index contributed by atoms with van der Waals surface area (Å²) in [4.78, 5) is 25.8. The number of nitrogens with zero attached hydrogens (tertiary/aromatic N) is 1. The second kappa shape index (κ2) is 9.28. The molecule has 0 aromatic heterocycles. The van der Waals surface area contributed by atoms with Crippen molar-refractivity contribution < 1.29 is 23.5 Å². The Bertz CT molecular complexity index is 1060. The van der Waals surface area contributed by atoms with Crippen LogP contribution in [0.4, 0.5) is 20.6 Å². The number of nitrogens with two attached hydrogens (primary N) is 1. The molecule has 0 unspecified atom stereocenters. The molecule has 154 valence electrons. The number of carbonyl (C=O) groups excluding carboxylic acids is 2. The van der Waals surface area contributed by atoms with Gasteiger partial charge in [0.2, 0.25) is 0 Å². The molecule has 8 heteroatoms. The van der Waals surface area contributed by atoms with Crippen LogP contribution in [-0.2, 0) is 11.3 Å². The van der Waals surface area contributed by atoms with E-state index in [9.17, 15) is 14.0 Å². The van der Waals surface area contributed by atoms with Gasteiger partial charge in [-0.05, 0) is 60.2 Å². The van der Waals surface area contributed by atoms with Crippen LogP contribution in [0.15, 0.2) is 66.7 Å². The molecule has 0 aliphatic heterocycles. The van der Waals surface area contributed by atoms with Crippen molar-refractivity contribution in [3.63, 3.8) is 0 Å². The van der Waals surface area contributed by atoms with Crippen molar-refractivity contribution in [2.24, 2.45) is 0 Å². The number of carbonyl (C=O) groups is 2. The highest BCUT2D eigenvalue weighted by Crippen LogP contribution is 2.26. The first kappa shape index (κ1) is 21.1. The largest absolute Gasteiger partial charge is 0.465 e. The number of halogens is 2. The first-order chi connectivity index (χ1) is 14.4. The lowest BCUT2D eigenvalue weighted by Gasteiger charge is -2.23. The molecule has 0 saturated carbocycles. The first-order valence-corrected chi connectivity index (χ1v) is 9.22. The minimum Gasteiger partial charge on any atom is -0.465 e. The third-order valence-electron chi connectivity index (χ3n) is 4.24. The number of nitrogen functional groups attached to an aromatic ring is 1. The van der Waals surface area contributed by atoms with E-state index in [1.54, 1.807) is 48.5 Å². The van der Waals surface area contributed by atoms with E-state index in [1.807, 2.05) is 0 Å². The quantitative estimate of drug-likeness (QED) is 0.454. The molecule has 0 bridgehead atoms. The van der Waals surface area contributed by atoms with Crippen molar-refractivity contribution in [3.8, 4) is 5.75 Å². The highest BCUT2D eigenvalue weighted by atomic mass is 35.5. The second-order valence-corrected chi connectivity index (χ2v) is 6.72. The molecule has 3 aromatic rings. The summed E-state index contributed by atoms with van der Waals surface area (Å²) in [5, 5.41) is -0.126. The molecule has 0 aliphatic carbocycles. The molecular formula is C22H18ClFN2O4. The lowest BCUT2D eigenvalue weighted by molar-refractivity contribution is 0.0600. The number of anilines is 2. The van der Waals surface area contributed by atoms with Crippen molar-refractivity contribution >= 4 is 35.0 Å². The zero-order valence-electron chi connectivity index (χ0n) is 16.0. The summed E-state index contributed by atoms with van der Waals surface area (Å²) < 4.78 is 23.7. The van der Waals surface area contributed by atoms with Gasteiger partial charge in [-0.25, -0.2) is 14.0 Å². The van der Waals surface area contributed by atoms with Crippen LogP contribution in [0.1, 0.15) is 15.9 Å². The molecule has 3 aromatic carbocycles. The van der Waals surface area contributed by atoms with Crippen LogP contribution < -0.4 is 15.4 Å². The van der Waals surface area contributed by atoms with Crippen LogP contribution in [0.3, 0.4) is 0 Å². The van der Waals surface area contributed by atoms with Crippen molar-refractivity contribution in [3.05, 3.63) is 88.7 Å². The molecule has 3 rings (SSSR count). The Morgan fingerprint density at radius 1 is 1.03 bits per heavy atom. The van der Waals surface area contributed by atoms with Crippen molar-refractivity contribution in [1.82, 2.24) is 0 Å². The van der Waals surface area contributed by atoms with E-state index < -0.39 is 17.9 Å². The van der Waals surface area contributed by atoms with Gasteiger partial charge in [0.1, 0.15) is 11.6 Å². The Morgan fingerprint density at radius 2 is 1.70 bits per heavy atom. The van der Waals surface area contributed by atoms with Gasteiger partial charge in [-0.3, -0.25) is 4.90 Å². The molecular weight excluding hydrogens is 411 g/mol. The molecule has 0 heterocycles. The van der Waals surface area contributed by atoms with Gasteiger partial charge in [0.15, 0.2) is 0 Å². The molecule has 0 radical (unpaired) electrons. The number of ether oxygens (including phenoxy) is 2. The van der Waals surface area contributed by atoms with Crippen LogP contribution >= 0.6 is 11.6 Å². The lowest BCUT2D eigenvalue weighted by Crippen LogP contribution is -2.33. The maximum Gasteiger partial charge on any atom is 0.420 e. The van der Waals surface area contributed by atoms with E-state index in [2.05, 4.69) is 4.74 Å². The van der Waals surface area contributed by atoms with Gasteiger partial charge >= 0.3 is 12.1 Å². The zero-order valence-corrected chi connectivity index (χ0v) is 16.7. The van der Waals surface area contributed by atoms with E-state index >= 15 is 0 Å². The Balaban J connectivity index is 1.88. The summed E-state index contributed by atoms with van der Waals surface area (Å²) in [5.74, 6) is -0.769. The molecule has 1 amide bonds. The normalized spacial score (nSPS) is 10.4. The Morgan fingerprint density at radius 3 is 2.30 bits per heavy atom. The van der Waals surface area contributed by atoms with E-state index in [4.69, 9.17) is 22.1 Å². The highest BCUT2D eigenvalue weighted by molar-refractivity contribution is 6.31. The van der Waals surface area contributed by atoms with E-state index in [-0.39, 0.29) is 11.6 Å². The van der Waals surface area contributed by atoms with E-state index in [1.165, 1.54) is 30.2 Å². The molecule has 6 nitrogen and oxygen atoms in total. The summed E-state index contributed by atoms with van der Waals surface area (Å²) in [5.41, 5.74) is 7.61. The Labute approximate surface area is 177 Å². The number of hydrogen-bond acceptors (Lipinski definition) is 5. The fourth-order valence-corrected chi connectivity index (χ4v) is 2.83. The van der Waals surface area contributed by atoms with Gasteiger partial charge in [0.25, 0.3) is 0 Å². The third kappa shape index (κ3) is 5.07. The smallest absolute Gasteiger partial charge is 0.420 e. The molecule has 0 fully saturated rings. The minimum atomic E-state index is -0.695. The summed E-state index contributed by atoms with van der Waals surface area (Å²) in [6, 6.07) is 16.8. The fourth-order valence-electron chi connectivity index (χ4n) is 2.65. The summed E-state index contributed by atoms with van der Waals surface area (Å²) >= 11 is 5.90. The fraction of sp³-hybridized carbons (Fsp3) is 0.0909. The first-order valence-electron chi connectivity index (χ1n) is 8.84. The monoisotopic (exact) mass is 428 g/mol. The molecule has 0 atom stereocenters. The maximum atomic E-state index is 13.6. The topological polar surface area (TPSA) is 81.9 Å². The van der Waals surface area contributed by atoms with E-state index in [0.717, 1.165) is 0 Å². The van der Waals surface area contributed by atoms with Crippen LogP contribution in [0.2, 0.25) is 5.02 Å². The summed E-state index contributed by atoms with van der Waals surface area (Å²) in [7, 11) is 1.30. The third-order valence-corrected chi connectivity index (χ3v) is 4.53. The van der Waals surface area contributed by atoms with Crippen LogP contribution in [0, 0.1) is 5.82 Å². The van der Waals surface area contributed by atoms with Gasteiger partial charge in [0, 0.05) is 11.4 Å². The molecule has 2 N–H and O–H groups in total. The van der Waals surface area contributed by atoms with Gasteiger partial charge in [-0.15, -0.1) is 0 Å². The molecule has 0 saturated heterocycles. The zero-order chi connectivity index (χ0) is 21.7. The number of esters is 1. The van der Waals surface area contributed by atoms with Crippen molar-refractivity contribution in [2.75, 3.05) is 17.7 Å². The standard InChI is InChI=1S/C22H18ClFN2O4/c1-29-21(27)15-4-2-14(3-5-15)13-26(17-8-11-20(24)19(23)12-17)22(28)30-18-9-6-16(25)7-10-18/h2-12H,13,25H2,1H3. The highest BCUT2D eigenvalue weighted by Gasteiger charge is 2.20. The Hall–Kier alpha value is -3.58. The molecule has 0 spiro atoms. The Kier molecular flexibility index (Phi) is 6.54. The van der Waals surface area contributed by atoms with Gasteiger partial charge in [-0.2, -0.15) is 0 Å². The second-order valence-electron chi connectivity index (χ2n) is 6.31. The summed E-state index contributed by atoms with van der Waals surface area (Å²) in [6.45, 7) is 0.0945. The average molecular weight is 429 g/mol. The number of rotatable bonds is 5. The van der Waals surface area contributed by atoms with Gasteiger partial charge in [0.05, 0.1) is 24.2 Å². The van der Waals surface area contributed by atoms with Gasteiger partial charge in [-0.1, -0.05) is 23.7 Å². The van der Waals surface area contributed by atoms with E-state index in [0.29, 0.717) is 28.3 Å². The number of amides is 1. The predicted octanol–water partition coefficient (Wildman–Crippen LogP) is 5.05. The molecule has 0 aliphatic rings. The SMILES string of the molecule is COC(=O)c1ccc(CN(C(=O)Oc2ccc(N)cc2)c2ccc(F)c(Cl)c2)cc1. The van der Waals surface area contributed by atoms with Crippen LogP contribution in [-0.4, -0.2) is 19.2 Å². The minimum absolute atomic E-state index is 0.0945. The lowest BCUT2D eigenvalue weighted by atomic mass is 10.1. The van der Waals surface area contributed by atoms with Gasteiger partial charge < -0.3 is 15.2 Å². The van der Waals surface area contributed by atoms with Crippen LogP contribution in [0.5, 0.6) is 5.75 Å². The van der Waals surface area contributed by atoms with Crippen molar-refractivity contribution in [1.29, 1.82) is 0 Å². The number of benzene rings is 3.